The van der Waals surface area contributed by atoms with Gasteiger partial charge in [-0.1, -0.05) is 6.07 Å². The minimum atomic E-state index is -0.342. The number of aromatic nitrogens is 4. The minimum Gasteiger partial charge on any atom is -0.494 e. The van der Waals surface area contributed by atoms with Crippen LogP contribution in [0.3, 0.4) is 0 Å². The lowest BCUT2D eigenvalue weighted by atomic mass is 10.1. The van der Waals surface area contributed by atoms with Crippen molar-refractivity contribution in [2.45, 2.75) is 18.3 Å². The maximum absolute atomic E-state index is 13.5. The summed E-state index contributed by atoms with van der Waals surface area (Å²) < 4.78 is 18.6. The number of halogens is 1. The zero-order chi connectivity index (χ0) is 16.5. The first-order valence-electron chi connectivity index (χ1n) is 7.70. The minimum absolute atomic E-state index is 0.279. The standard InChI is InChI=1S/C18H15FN4O/c1-24-17-9-11(3-4-14(17)19)12-10-13(12)15-5-6-16(23-22-15)18-20-7-2-8-21-18/h2-9,12-13H,10H2,1H3. The number of methoxy groups -OCH3 is 1. The molecule has 5 nitrogen and oxygen atoms in total. The third-order valence-corrected chi connectivity index (χ3v) is 4.25. The van der Waals surface area contributed by atoms with Gasteiger partial charge in [0.05, 0.1) is 12.8 Å². The molecule has 0 amide bonds. The van der Waals surface area contributed by atoms with Crippen LogP contribution in [0, 0.1) is 5.82 Å². The molecule has 2 unspecified atom stereocenters. The Kier molecular flexibility index (Phi) is 3.65. The van der Waals surface area contributed by atoms with Crippen LogP contribution < -0.4 is 4.74 Å². The number of nitrogens with zero attached hydrogens (tertiary/aromatic N) is 4. The van der Waals surface area contributed by atoms with Crippen LogP contribution in [0.5, 0.6) is 5.75 Å². The van der Waals surface area contributed by atoms with Crippen molar-refractivity contribution < 1.29 is 9.13 Å². The molecular formula is C18H15FN4O. The topological polar surface area (TPSA) is 60.8 Å². The van der Waals surface area contributed by atoms with Crippen molar-refractivity contribution in [3.8, 4) is 17.3 Å². The molecule has 1 saturated carbocycles. The summed E-state index contributed by atoms with van der Waals surface area (Å²) in [5, 5.41) is 8.54. The summed E-state index contributed by atoms with van der Waals surface area (Å²) in [5.41, 5.74) is 2.65. The van der Waals surface area contributed by atoms with Crippen molar-refractivity contribution >= 4 is 0 Å². The van der Waals surface area contributed by atoms with Crippen LogP contribution in [0.25, 0.3) is 11.5 Å². The molecule has 24 heavy (non-hydrogen) atoms. The number of benzene rings is 1. The van der Waals surface area contributed by atoms with Gasteiger partial charge in [-0.3, -0.25) is 0 Å². The predicted octanol–water partition coefficient (Wildman–Crippen LogP) is 3.35. The highest BCUT2D eigenvalue weighted by Crippen LogP contribution is 2.54. The second-order valence-electron chi connectivity index (χ2n) is 5.76. The molecule has 1 fully saturated rings. The molecule has 0 radical (unpaired) electrons. The van der Waals surface area contributed by atoms with Gasteiger partial charge in [-0.2, -0.15) is 5.10 Å². The van der Waals surface area contributed by atoms with Crippen molar-refractivity contribution in [3.63, 3.8) is 0 Å². The number of hydrogen-bond donors (Lipinski definition) is 0. The largest absolute Gasteiger partial charge is 0.494 e. The van der Waals surface area contributed by atoms with Crippen LogP contribution in [0.4, 0.5) is 4.39 Å². The van der Waals surface area contributed by atoms with Crippen molar-refractivity contribution in [2.75, 3.05) is 7.11 Å². The molecule has 0 N–H and O–H groups in total. The average molecular weight is 322 g/mol. The summed E-state index contributed by atoms with van der Waals surface area (Å²) >= 11 is 0. The zero-order valence-electron chi connectivity index (χ0n) is 13.1. The van der Waals surface area contributed by atoms with Gasteiger partial charge in [0.2, 0.25) is 0 Å². The molecule has 1 aromatic carbocycles. The maximum Gasteiger partial charge on any atom is 0.180 e. The number of ether oxygens (including phenoxy) is 1. The Hall–Kier alpha value is -2.89. The molecule has 2 atom stereocenters. The highest BCUT2D eigenvalue weighted by Gasteiger charge is 2.41. The Morgan fingerprint density at radius 2 is 1.88 bits per heavy atom. The van der Waals surface area contributed by atoms with Gasteiger partial charge in [-0.05, 0) is 48.2 Å². The molecule has 4 rings (SSSR count). The van der Waals surface area contributed by atoms with Crippen LogP contribution in [0.15, 0.2) is 48.8 Å². The summed E-state index contributed by atoms with van der Waals surface area (Å²) in [6.45, 7) is 0. The summed E-state index contributed by atoms with van der Waals surface area (Å²) in [5.74, 6) is 1.13. The van der Waals surface area contributed by atoms with Gasteiger partial charge in [-0.15, -0.1) is 5.10 Å². The SMILES string of the molecule is COc1cc(C2CC2c2ccc(-c3ncccn3)nn2)ccc1F. The predicted molar refractivity (Wildman–Crippen MR) is 86.1 cm³/mol. The van der Waals surface area contributed by atoms with Crippen LogP contribution >= 0.6 is 0 Å². The second-order valence-corrected chi connectivity index (χ2v) is 5.76. The van der Waals surface area contributed by atoms with E-state index in [4.69, 9.17) is 4.74 Å². The van der Waals surface area contributed by atoms with Crippen molar-refractivity contribution in [1.29, 1.82) is 0 Å². The third kappa shape index (κ3) is 2.71. The van der Waals surface area contributed by atoms with Crippen molar-refractivity contribution in [2.24, 2.45) is 0 Å². The Balaban J connectivity index is 1.52. The van der Waals surface area contributed by atoms with Crippen molar-refractivity contribution in [1.82, 2.24) is 20.2 Å². The van der Waals surface area contributed by atoms with Gasteiger partial charge in [0.25, 0.3) is 0 Å². The highest BCUT2D eigenvalue weighted by atomic mass is 19.1. The summed E-state index contributed by atoms with van der Waals surface area (Å²) in [4.78, 5) is 8.33. The zero-order valence-corrected chi connectivity index (χ0v) is 13.1. The molecule has 0 aliphatic heterocycles. The van der Waals surface area contributed by atoms with Gasteiger partial charge in [0.15, 0.2) is 17.4 Å². The van der Waals surface area contributed by atoms with Gasteiger partial charge in [0.1, 0.15) is 5.69 Å². The monoisotopic (exact) mass is 322 g/mol. The van der Waals surface area contributed by atoms with Crippen LogP contribution in [0.2, 0.25) is 0 Å². The van der Waals surface area contributed by atoms with Gasteiger partial charge in [-0.25, -0.2) is 14.4 Å². The fourth-order valence-electron chi connectivity index (χ4n) is 2.89. The normalized spacial score (nSPS) is 19.1. The highest BCUT2D eigenvalue weighted by molar-refractivity contribution is 5.48. The van der Waals surface area contributed by atoms with E-state index in [-0.39, 0.29) is 11.6 Å². The molecule has 1 aliphatic carbocycles. The quantitative estimate of drug-likeness (QED) is 0.737. The van der Waals surface area contributed by atoms with Crippen LogP contribution in [-0.4, -0.2) is 27.3 Å². The molecule has 3 aromatic rings. The lowest BCUT2D eigenvalue weighted by Crippen LogP contribution is -1.96. The Bertz CT molecular complexity index is 855. The van der Waals surface area contributed by atoms with E-state index >= 15 is 0 Å². The first-order chi connectivity index (χ1) is 11.8. The molecule has 0 spiro atoms. The van der Waals surface area contributed by atoms with E-state index in [0.29, 0.717) is 23.4 Å². The molecule has 0 bridgehead atoms. The fraction of sp³-hybridized carbons (Fsp3) is 0.222. The van der Waals surface area contributed by atoms with Crippen LogP contribution in [0.1, 0.15) is 29.5 Å². The first kappa shape index (κ1) is 14.7. The lowest BCUT2D eigenvalue weighted by Gasteiger charge is -2.05. The Morgan fingerprint density at radius 3 is 2.58 bits per heavy atom. The second kappa shape index (κ2) is 5.96. The van der Waals surface area contributed by atoms with Crippen molar-refractivity contribution in [3.05, 3.63) is 65.9 Å². The molecular weight excluding hydrogens is 307 g/mol. The van der Waals surface area contributed by atoms with Gasteiger partial charge in [0, 0.05) is 18.3 Å². The summed E-state index contributed by atoms with van der Waals surface area (Å²) in [6, 6.07) is 10.6. The number of hydrogen-bond acceptors (Lipinski definition) is 5. The molecule has 1 aliphatic rings. The lowest BCUT2D eigenvalue weighted by molar-refractivity contribution is 0.386. The maximum atomic E-state index is 13.5. The fourth-order valence-corrected chi connectivity index (χ4v) is 2.89. The summed E-state index contributed by atoms with van der Waals surface area (Å²) in [7, 11) is 1.47. The molecule has 2 aromatic heterocycles. The van der Waals surface area contributed by atoms with Gasteiger partial charge < -0.3 is 4.74 Å². The van der Waals surface area contributed by atoms with Gasteiger partial charge >= 0.3 is 0 Å². The van der Waals surface area contributed by atoms with E-state index in [1.807, 2.05) is 18.2 Å². The van der Waals surface area contributed by atoms with E-state index in [2.05, 4.69) is 20.2 Å². The average Bonchev–Trinajstić information content (AvgIpc) is 3.44. The van der Waals surface area contributed by atoms with E-state index < -0.39 is 0 Å². The molecule has 2 heterocycles. The Labute approximate surface area is 138 Å². The smallest absolute Gasteiger partial charge is 0.180 e. The number of rotatable bonds is 4. The molecule has 0 saturated heterocycles. The van der Waals surface area contributed by atoms with E-state index in [1.165, 1.54) is 13.2 Å². The van der Waals surface area contributed by atoms with Crippen LogP contribution in [-0.2, 0) is 0 Å². The van der Waals surface area contributed by atoms with E-state index in [1.54, 1.807) is 24.5 Å². The molecule has 6 heteroatoms. The Morgan fingerprint density at radius 1 is 1.04 bits per heavy atom. The van der Waals surface area contributed by atoms with E-state index in [0.717, 1.165) is 17.7 Å². The summed E-state index contributed by atoms with van der Waals surface area (Å²) in [6.07, 6.45) is 4.33. The molecule has 120 valence electrons. The third-order valence-electron chi connectivity index (χ3n) is 4.25. The van der Waals surface area contributed by atoms with E-state index in [9.17, 15) is 4.39 Å². The first-order valence-corrected chi connectivity index (χ1v) is 7.70.